The predicted octanol–water partition coefficient (Wildman–Crippen LogP) is 2.66. The van der Waals surface area contributed by atoms with E-state index in [1.165, 1.54) is 4.31 Å². The molecule has 0 saturated heterocycles. The summed E-state index contributed by atoms with van der Waals surface area (Å²) in [6, 6.07) is 5.97. The van der Waals surface area contributed by atoms with E-state index in [4.69, 9.17) is 0 Å². The van der Waals surface area contributed by atoms with Crippen LogP contribution >= 0.6 is 0 Å². The van der Waals surface area contributed by atoms with Crippen LogP contribution in [0.3, 0.4) is 0 Å². The Bertz CT molecular complexity index is 809. The molecular weight excluding hydrogens is 298 g/mol. The molecule has 3 rings (SSSR count). The van der Waals surface area contributed by atoms with Crippen LogP contribution in [0.5, 0.6) is 0 Å². The molecule has 0 atom stereocenters. The zero-order valence-corrected chi connectivity index (χ0v) is 14.0. The van der Waals surface area contributed by atoms with Crippen molar-refractivity contribution in [1.29, 1.82) is 0 Å². The first-order valence-electron chi connectivity index (χ1n) is 7.60. The molecule has 2 heterocycles. The summed E-state index contributed by atoms with van der Waals surface area (Å²) < 4.78 is 29.3. The zero-order valence-electron chi connectivity index (χ0n) is 13.2. The van der Waals surface area contributed by atoms with Crippen molar-refractivity contribution in [1.82, 2.24) is 9.78 Å². The number of rotatable bonds is 3. The van der Waals surface area contributed by atoms with Gasteiger partial charge in [-0.1, -0.05) is 17.7 Å². The molecule has 2 aromatic rings. The molecular formula is C16H21N3O2S. The molecule has 0 bridgehead atoms. The Balaban J connectivity index is 2.09. The first-order chi connectivity index (χ1) is 10.4. The Hall–Kier alpha value is -1.82. The SMILES string of the molecule is CCn1cc(S(=O)(=O)N2CCCc3cc(C)ccc32)c(C)n1. The normalized spacial score (nSPS) is 15.0. The molecule has 118 valence electrons. The van der Waals surface area contributed by atoms with E-state index in [1.807, 2.05) is 26.0 Å². The lowest BCUT2D eigenvalue weighted by atomic mass is 10.0. The van der Waals surface area contributed by atoms with E-state index in [0.29, 0.717) is 23.7 Å². The van der Waals surface area contributed by atoms with Crippen LogP contribution in [0.25, 0.3) is 0 Å². The fourth-order valence-electron chi connectivity index (χ4n) is 2.97. The van der Waals surface area contributed by atoms with E-state index in [9.17, 15) is 8.42 Å². The highest BCUT2D eigenvalue weighted by molar-refractivity contribution is 7.92. The molecule has 1 aromatic heterocycles. The largest absolute Gasteiger partial charge is 0.271 e. The minimum atomic E-state index is -3.56. The fraction of sp³-hybridized carbons (Fsp3) is 0.438. The second-order valence-electron chi connectivity index (χ2n) is 5.75. The number of aryl methyl sites for hydroxylation is 4. The zero-order chi connectivity index (χ0) is 15.9. The third-order valence-electron chi connectivity index (χ3n) is 4.10. The van der Waals surface area contributed by atoms with Crippen molar-refractivity contribution in [3.8, 4) is 0 Å². The van der Waals surface area contributed by atoms with E-state index < -0.39 is 10.0 Å². The smallest absolute Gasteiger partial charge is 0.267 e. The van der Waals surface area contributed by atoms with Crippen LogP contribution in [0.1, 0.15) is 30.2 Å². The van der Waals surface area contributed by atoms with Gasteiger partial charge in [0.05, 0.1) is 11.4 Å². The Kier molecular flexibility index (Phi) is 3.72. The van der Waals surface area contributed by atoms with E-state index in [0.717, 1.165) is 29.7 Å². The number of sulfonamides is 1. The lowest BCUT2D eigenvalue weighted by Crippen LogP contribution is -2.35. The fourth-order valence-corrected chi connectivity index (χ4v) is 4.69. The van der Waals surface area contributed by atoms with Gasteiger partial charge < -0.3 is 0 Å². The number of anilines is 1. The summed E-state index contributed by atoms with van der Waals surface area (Å²) in [5.41, 5.74) is 3.63. The summed E-state index contributed by atoms with van der Waals surface area (Å²) in [5, 5.41) is 4.27. The third kappa shape index (κ3) is 2.41. The number of hydrogen-bond acceptors (Lipinski definition) is 3. The molecule has 1 aromatic carbocycles. The number of fused-ring (bicyclic) bond motifs is 1. The van der Waals surface area contributed by atoms with Crippen LogP contribution in [-0.2, 0) is 23.0 Å². The van der Waals surface area contributed by atoms with Gasteiger partial charge >= 0.3 is 0 Å². The van der Waals surface area contributed by atoms with Crippen molar-refractivity contribution >= 4 is 15.7 Å². The molecule has 0 amide bonds. The molecule has 0 spiro atoms. The maximum atomic E-state index is 13.1. The molecule has 1 aliphatic heterocycles. The van der Waals surface area contributed by atoms with Gasteiger partial charge in [-0.25, -0.2) is 8.42 Å². The number of hydrogen-bond donors (Lipinski definition) is 0. The molecule has 0 aliphatic carbocycles. The summed E-state index contributed by atoms with van der Waals surface area (Å²) in [5.74, 6) is 0. The third-order valence-corrected chi connectivity index (χ3v) is 6.02. The molecule has 22 heavy (non-hydrogen) atoms. The highest BCUT2D eigenvalue weighted by Crippen LogP contribution is 2.33. The highest BCUT2D eigenvalue weighted by Gasteiger charge is 2.31. The second kappa shape index (κ2) is 5.43. The monoisotopic (exact) mass is 319 g/mol. The lowest BCUT2D eigenvalue weighted by Gasteiger charge is -2.30. The molecule has 0 saturated carbocycles. The highest BCUT2D eigenvalue weighted by atomic mass is 32.2. The topological polar surface area (TPSA) is 55.2 Å². The number of nitrogens with zero attached hydrogens (tertiary/aromatic N) is 3. The van der Waals surface area contributed by atoms with Crippen LogP contribution in [0.4, 0.5) is 5.69 Å². The van der Waals surface area contributed by atoms with Gasteiger partial charge in [-0.2, -0.15) is 5.10 Å². The van der Waals surface area contributed by atoms with Gasteiger partial charge in [0.1, 0.15) is 4.90 Å². The average molecular weight is 319 g/mol. The van der Waals surface area contributed by atoms with Gasteiger partial charge in [-0.05, 0) is 45.2 Å². The van der Waals surface area contributed by atoms with Crippen molar-refractivity contribution in [3.05, 3.63) is 41.2 Å². The summed E-state index contributed by atoms with van der Waals surface area (Å²) in [6.45, 7) is 6.91. The van der Waals surface area contributed by atoms with Gasteiger partial charge in [-0.3, -0.25) is 8.99 Å². The maximum Gasteiger partial charge on any atom is 0.267 e. The molecule has 0 fully saturated rings. The number of aromatic nitrogens is 2. The summed E-state index contributed by atoms with van der Waals surface area (Å²) in [7, 11) is -3.56. The minimum Gasteiger partial charge on any atom is -0.271 e. The second-order valence-corrected chi connectivity index (χ2v) is 7.58. The van der Waals surface area contributed by atoms with Crippen molar-refractivity contribution in [2.75, 3.05) is 10.8 Å². The van der Waals surface area contributed by atoms with Crippen molar-refractivity contribution in [2.24, 2.45) is 0 Å². The molecule has 0 N–H and O–H groups in total. The average Bonchev–Trinajstić information content (AvgIpc) is 2.88. The van der Waals surface area contributed by atoms with Crippen molar-refractivity contribution in [3.63, 3.8) is 0 Å². The number of benzene rings is 1. The Morgan fingerprint density at radius 3 is 2.73 bits per heavy atom. The summed E-state index contributed by atoms with van der Waals surface area (Å²) in [6.07, 6.45) is 3.40. The van der Waals surface area contributed by atoms with Crippen LogP contribution in [0.2, 0.25) is 0 Å². The Morgan fingerprint density at radius 1 is 1.27 bits per heavy atom. The molecule has 1 aliphatic rings. The van der Waals surface area contributed by atoms with Gasteiger partial charge in [0.25, 0.3) is 10.0 Å². The van der Waals surface area contributed by atoms with E-state index in [2.05, 4.69) is 11.2 Å². The van der Waals surface area contributed by atoms with Crippen molar-refractivity contribution in [2.45, 2.75) is 45.1 Å². The maximum absolute atomic E-state index is 13.1. The first kappa shape index (κ1) is 15.1. The van der Waals surface area contributed by atoms with E-state index in [-0.39, 0.29) is 0 Å². The Labute approximate surface area is 131 Å². The van der Waals surface area contributed by atoms with Gasteiger partial charge in [0, 0.05) is 19.3 Å². The molecule has 5 nitrogen and oxygen atoms in total. The first-order valence-corrected chi connectivity index (χ1v) is 9.04. The predicted molar refractivity (Wildman–Crippen MR) is 86.7 cm³/mol. The van der Waals surface area contributed by atoms with Gasteiger partial charge in [0.15, 0.2) is 0 Å². The molecule has 0 radical (unpaired) electrons. The van der Waals surface area contributed by atoms with E-state index >= 15 is 0 Å². The summed E-state index contributed by atoms with van der Waals surface area (Å²) in [4.78, 5) is 0.308. The standard InChI is InChI=1S/C16H21N3O2S/c1-4-18-11-16(13(3)17-18)22(20,21)19-9-5-6-14-10-12(2)7-8-15(14)19/h7-8,10-11H,4-6,9H2,1-3H3. The quantitative estimate of drug-likeness (QED) is 0.874. The molecule has 0 unspecified atom stereocenters. The minimum absolute atomic E-state index is 0.308. The van der Waals surface area contributed by atoms with Gasteiger partial charge in [-0.15, -0.1) is 0 Å². The Morgan fingerprint density at radius 2 is 2.05 bits per heavy atom. The van der Waals surface area contributed by atoms with Crippen LogP contribution in [0.15, 0.2) is 29.3 Å². The van der Waals surface area contributed by atoms with Gasteiger partial charge in [0.2, 0.25) is 0 Å². The van der Waals surface area contributed by atoms with Crippen molar-refractivity contribution < 1.29 is 8.42 Å². The van der Waals surface area contributed by atoms with Crippen LogP contribution < -0.4 is 4.31 Å². The van der Waals surface area contributed by atoms with Crippen LogP contribution in [0, 0.1) is 13.8 Å². The summed E-state index contributed by atoms with van der Waals surface area (Å²) >= 11 is 0. The lowest BCUT2D eigenvalue weighted by molar-refractivity contribution is 0.585. The van der Waals surface area contributed by atoms with E-state index in [1.54, 1.807) is 17.8 Å². The molecule has 6 heteroatoms. The van der Waals surface area contributed by atoms with Crippen LogP contribution in [-0.4, -0.2) is 24.7 Å².